The summed E-state index contributed by atoms with van der Waals surface area (Å²) in [4.78, 5) is 12.8. The molecule has 2 aromatic rings. The van der Waals surface area contributed by atoms with Crippen molar-refractivity contribution in [2.45, 2.75) is 12.6 Å². The summed E-state index contributed by atoms with van der Waals surface area (Å²) < 4.78 is 51.1. The van der Waals surface area contributed by atoms with Crippen LogP contribution < -0.4 is 5.32 Å². The zero-order valence-corrected chi connectivity index (χ0v) is 11.5. The molecule has 2 nitrogen and oxygen atoms in total. The predicted octanol–water partition coefficient (Wildman–Crippen LogP) is 3.88. The molecule has 0 aliphatic carbocycles. The van der Waals surface area contributed by atoms with Gasteiger partial charge in [-0.2, -0.15) is 13.2 Å². The molecule has 1 amide bonds. The standard InChI is InChI=1S/C14H11F4NOS/c15-12-4-3-9(14(16,17)18)8-11(12)13(20)19-6-5-10-2-1-7-21-10/h1-4,7-8H,5-6H2,(H,19,20). The van der Waals surface area contributed by atoms with Gasteiger partial charge in [0.15, 0.2) is 0 Å². The predicted molar refractivity (Wildman–Crippen MR) is 71.8 cm³/mol. The Morgan fingerprint density at radius 3 is 2.62 bits per heavy atom. The zero-order chi connectivity index (χ0) is 15.5. The Kier molecular flexibility index (Phi) is 4.62. The van der Waals surface area contributed by atoms with Crippen molar-refractivity contribution in [1.82, 2.24) is 5.32 Å². The molecule has 0 saturated carbocycles. The van der Waals surface area contributed by atoms with Gasteiger partial charge < -0.3 is 5.32 Å². The number of carbonyl (C=O) groups is 1. The number of halogens is 4. The lowest BCUT2D eigenvalue weighted by Gasteiger charge is -2.10. The highest BCUT2D eigenvalue weighted by atomic mass is 32.1. The van der Waals surface area contributed by atoms with Crippen molar-refractivity contribution >= 4 is 17.2 Å². The smallest absolute Gasteiger partial charge is 0.352 e. The number of hydrogen-bond acceptors (Lipinski definition) is 2. The Bertz CT molecular complexity index is 622. The van der Waals surface area contributed by atoms with E-state index in [4.69, 9.17) is 0 Å². The molecular formula is C14H11F4NOS. The van der Waals surface area contributed by atoms with Crippen molar-refractivity contribution in [1.29, 1.82) is 0 Å². The van der Waals surface area contributed by atoms with Crippen LogP contribution in [0.4, 0.5) is 17.6 Å². The fraction of sp³-hybridized carbons (Fsp3) is 0.214. The molecular weight excluding hydrogens is 306 g/mol. The van der Waals surface area contributed by atoms with Gasteiger partial charge in [0.2, 0.25) is 0 Å². The maximum atomic E-state index is 13.5. The minimum Gasteiger partial charge on any atom is -0.352 e. The van der Waals surface area contributed by atoms with Gasteiger partial charge in [0.25, 0.3) is 5.91 Å². The fourth-order valence-corrected chi connectivity index (χ4v) is 2.43. The van der Waals surface area contributed by atoms with E-state index in [2.05, 4.69) is 5.32 Å². The van der Waals surface area contributed by atoms with Gasteiger partial charge in [-0.25, -0.2) is 4.39 Å². The normalized spacial score (nSPS) is 11.4. The topological polar surface area (TPSA) is 29.1 Å². The zero-order valence-electron chi connectivity index (χ0n) is 10.7. The first-order chi connectivity index (χ1) is 9.88. The van der Waals surface area contributed by atoms with Crippen molar-refractivity contribution in [2.24, 2.45) is 0 Å². The van der Waals surface area contributed by atoms with Crippen LogP contribution in [-0.2, 0) is 12.6 Å². The summed E-state index contributed by atoms with van der Waals surface area (Å²) >= 11 is 1.51. The van der Waals surface area contributed by atoms with Crippen LogP contribution in [0.3, 0.4) is 0 Å². The summed E-state index contributed by atoms with van der Waals surface area (Å²) in [5.41, 5.74) is -1.65. The van der Waals surface area contributed by atoms with Crippen LogP contribution in [0.5, 0.6) is 0 Å². The summed E-state index contributed by atoms with van der Waals surface area (Å²) in [5, 5.41) is 4.30. The van der Waals surface area contributed by atoms with Crippen LogP contribution in [0, 0.1) is 5.82 Å². The van der Waals surface area contributed by atoms with Gasteiger partial charge in [-0.15, -0.1) is 11.3 Å². The summed E-state index contributed by atoms with van der Waals surface area (Å²) in [5.74, 6) is -1.83. The average Bonchev–Trinajstić information content (AvgIpc) is 2.91. The molecule has 0 radical (unpaired) electrons. The van der Waals surface area contributed by atoms with E-state index in [1.165, 1.54) is 11.3 Å². The summed E-state index contributed by atoms with van der Waals surface area (Å²) in [6.07, 6.45) is -4.07. The number of alkyl halides is 3. The fourth-order valence-electron chi connectivity index (χ4n) is 1.72. The van der Waals surface area contributed by atoms with E-state index in [9.17, 15) is 22.4 Å². The first kappa shape index (κ1) is 15.5. The molecule has 0 spiro atoms. The molecule has 0 atom stereocenters. The highest BCUT2D eigenvalue weighted by Crippen LogP contribution is 2.30. The highest BCUT2D eigenvalue weighted by Gasteiger charge is 2.31. The van der Waals surface area contributed by atoms with Crippen LogP contribution in [-0.4, -0.2) is 12.5 Å². The van der Waals surface area contributed by atoms with Gasteiger partial charge >= 0.3 is 6.18 Å². The second-order valence-electron chi connectivity index (χ2n) is 4.28. The van der Waals surface area contributed by atoms with Gasteiger partial charge in [0.1, 0.15) is 5.82 Å². The lowest BCUT2D eigenvalue weighted by atomic mass is 10.1. The number of nitrogens with one attached hydrogen (secondary N) is 1. The third-order valence-electron chi connectivity index (χ3n) is 2.78. The van der Waals surface area contributed by atoms with E-state index in [0.717, 1.165) is 4.88 Å². The molecule has 1 aromatic carbocycles. The van der Waals surface area contributed by atoms with Gasteiger partial charge in [0, 0.05) is 11.4 Å². The molecule has 21 heavy (non-hydrogen) atoms. The molecule has 7 heteroatoms. The van der Waals surface area contributed by atoms with Crippen molar-refractivity contribution < 1.29 is 22.4 Å². The van der Waals surface area contributed by atoms with Gasteiger partial charge in [-0.1, -0.05) is 6.07 Å². The monoisotopic (exact) mass is 317 g/mol. The Labute approximate surface area is 122 Å². The molecule has 0 aliphatic rings. The maximum absolute atomic E-state index is 13.5. The third-order valence-corrected chi connectivity index (χ3v) is 3.71. The Hall–Kier alpha value is -1.89. The Balaban J connectivity index is 2.04. The van der Waals surface area contributed by atoms with Crippen molar-refractivity contribution in [3.63, 3.8) is 0 Å². The van der Waals surface area contributed by atoms with Crippen molar-refractivity contribution in [2.75, 3.05) is 6.54 Å². The van der Waals surface area contributed by atoms with E-state index in [0.29, 0.717) is 24.6 Å². The van der Waals surface area contributed by atoms with Crippen LogP contribution in [0.15, 0.2) is 35.7 Å². The molecule has 2 rings (SSSR count). The van der Waals surface area contributed by atoms with E-state index in [1.807, 2.05) is 17.5 Å². The first-order valence-corrected chi connectivity index (χ1v) is 6.93. The quantitative estimate of drug-likeness (QED) is 0.852. The maximum Gasteiger partial charge on any atom is 0.416 e. The minimum absolute atomic E-state index is 0.231. The molecule has 1 aromatic heterocycles. The number of benzene rings is 1. The van der Waals surface area contributed by atoms with Gasteiger partial charge in [-0.3, -0.25) is 4.79 Å². The van der Waals surface area contributed by atoms with Crippen molar-refractivity contribution in [3.05, 3.63) is 57.5 Å². The number of rotatable bonds is 4. The Morgan fingerprint density at radius 2 is 2.00 bits per heavy atom. The molecule has 0 fully saturated rings. The third kappa shape index (κ3) is 4.04. The second kappa shape index (κ2) is 6.26. The molecule has 1 N–H and O–H groups in total. The molecule has 0 aliphatic heterocycles. The molecule has 0 saturated heterocycles. The van der Waals surface area contributed by atoms with E-state index in [1.54, 1.807) is 0 Å². The summed E-state index contributed by atoms with van der Waals surface area (Å²) in [7, 11) is 0. The minimum atomic E-state index is -4.61. The van der Waals surface area contributed by atoms with Crippen LogP contribution >= 0.6 is 11.3 Å². The lowest BCUT2D eigenvalue weighted by Crippen LogP contribution is -2.26. The van der Waals surface area contributed by atoms with E-state index < -0.39 is 29.0 Å². The number of thiophene rings is 1. The molecule has 1 heterocycles. The summed E-state index contributed by atoms with van der Waals surface area (Å²) in [6.45, 7) is 0.231. The largest absolute Gasteiger partial charge is 0.416 e. The highest BCUT2D eigenvalue weighted by molar-refractivity contribution is 7.09. The van der Waals surface area contributed by atoms with Crippen LogP contribution in [0.1, 0.15) is 20.8 Å². The SMILES string of the molecule is O=C(NCCc1cccs1)c1cc(C(F)(F)F)ccc1F. The molecule has 112 valence electrons. The van der Waals surface area contributed by atoms with Crippen LogP contribution in [0.2, 0.25) is 0 Å². The lowest BCUT2D eigenvalue weighted by molar-refractivity contribution is -0.137. The number of hydrogen-bond donors (Lipinski definition) is 1. The van der Waals surface area contributed by atoms with Gasteiger partial charge in [0.05, 0.1) is 11.1 Å². The van der Waals surface area contributed by atoms with Crippen molar-refractivity contribution in [3.8, 4) is 0 Å². The summed E-state index contributed by atoms with van der Waals surface area (Å²) in [6, 6.07) is 5.51. The second-order valence-corrected chi connectivity index (χ2v) is 5.31. The number of amides is 1. The first-order valence-electron chi connectivity index (χ1n) is 6.05. The van der Waals surface area contributed by atoms with E-state index >= 15 is 0 Å². The molecule has 0 bridgehead atoms. The Morgan fingerprint density at radius 1 is 1.24 bits per heavy atom. The average molecular weight is 317 g/mol. The van der Waals surface area contributed by atoms with Crippen LogP contribution in [0.25, 0.3) is 0 Å². The number of carbonyl (C=O) groups excluding carboxylic acids is 1. The van der Waals surface area contributed by atoms with Gasteiger partial charge in [-0.05, 0) is 36.1 Å². The van der Waals surface area contributed by atoms with E-state index in [-0.39, 0.29) is 6.54 Å². The molecule has 0 unspecified atom stereocenters.